The summed E-state index contributed by atoms with van der Waals surface area (Å²) in [5, 5.41) is 9.34. The van der Waals surface area contributed by atoms with Crippen molar-refractivity contribution in [2.24, 2.45) is 5.73 Å². The average Bonchev–Trinajstić information content (AvgIpc) is 3.09. The van der Waals surface area contributed by atoms with Gasteiger partial charge < -0.3 is 20.3 Å². The van der Waals surface area contributed by atoms with Gasteiger partial charge in [0.05, 0.1) is 0 Å². The third-order valence-corrected chi connectivity index (χ3v) is 8.43. The molecule has 2 aliphatic rings. The molecule has 2 saturated heterocycles. The van der Waals surface area contributed by atoms with Crippen molar-refractivity contribution in [3.63, 3.8) is 0 Å². The van der Waals surface area contributed by atoms with Gasteiger partial charge >= 0.3 is 17.9 Å². The van der Waals surface area contributed by atoms with Crippen molar-refractivity contribution >= 4 is 17.9 Å². The van der Waals surface area contributed by atoms with Crippen LogP contribution in [-0.2, 0) is 23.9 Å². The third kappa shape index (κ3) is 15.3. The maximum Gasteiger partial charge on any atom is 0.328 e. The zero-order chi connectivity index (χ0) is 37.4. The number of benzene rings is 3. The molecule has 2 heterocycles. The molecule has 52 heavy (non-hydrogen) atoms. The van der Waals surface area contributed by atoms with Crippen molar-refractivity contribution in [3.8, 4) is 0 Å². The molecule has 3 aromatic carbocycles. The zero-order valence-electron chi connectivity index (χ0n) is 31.4. The summed E-state index contributed by atoms with van der Waals surface area (Å²) in [6.45, 7) is 15.0. The lowest BCUT2D eigenvalue weighted by Gasteiger charge is -2.35. The highest BCUT2D eigenvalue weighted by Gasteiger charge is 2.32. The Kier molecular flexibility index (Phi) is 18.2. The molecule has 2 fully saturated rings. The fraction of sp³-hybridized carbons (Fsp3) is 0.512. The van der Waals surface area contributed by atoms with Gasteiger partial charge in [-0.25, -0.2) is 9.59 Å². The molecule has 5 rings (SSSR count). The Bertz CT molecular complexity index is 1460. The molecular weight excluding hydrogens is 654 g/mol. The molecule has 0 spiro atoms. The summed E-state index contributed by atoms with van der Waals surface area (Å²) in [7, 11) is 0. The van der Waals surface area contributed by atoms with E-state index in [0.29, 0.717) is 0 Å². The predicted molar refractivity (Wildman–Crippen MR) is 209 cm³/mol. The van der Waals surface area contributed by atoms with E-state index in [1.165, 1.54) is 12.8 Å². The van der Waals surface area contributed by atoms with Gasteiger partial charge in [-0.15, -0.1) is 0 Å². The summed E-state index contributed by atoms with van der Waals surface area (Å²) in [6.07, 6.45) is 7.01. The largest absolute Gasteiger partial charge is 0.480 e. The lowest BCUT2D eigenvalue weighted by Crippen LogP contribution is -2.40. The number of hydrogen-bond acceptors (Lipinski definition) is 8. The van der Waals surface area contributed by atoms with Crippen LogP contribution >= 0.6 is 0 Å². The SMILES string of the molecule is C.CC(C)(C)OC(=O)[C@@H](N)c1ccccc1.CC(C)(C)OC(=O)[C@H](c1ccccc1)N1CCCCC1.O=C(O)[C@@H](c1ccccc1)N1CCCCC1. The van der Waals surface area contributed by atoms with Crippen LogP contribution in [0.2, 0.25) is 0 Å². The number of rotatable bonds is 8. The highest BCUT2D eigenvalue weighted by molar-refractivity contribution is 5.78. The normalized spacial score (nSPS) is 16.9. The van der Waals surface area contributed by atoms with Crippen molar-refractivity contribution in [1.82, 2.24) is 9.80 Å². The topological polar surface area (TPSA) is 122 Å². The van der Waals surface area contributed by atoms with E-state index < -0.39 is 35.2 Å². The Labute approximate surface area is 312 Å². The van der Waals surface area contributed by atoms with Gasteiger partial charge in [0.15, 0.2) is 0 Å². The number of esters is 2. The van der Waals surface area contributed by atoms with Crippen LogP contribution in [0.1, 0.15) is 122 Å². The number of carboxylic acid groups (broad SMARTS) is 1. The molecule has 2 aliphatic heterocycles. The van der Waals surface area contributed by atoms with E-state index >= 15 is 0 Å². The lowest BCUT2D eigenvalue weighted by atomic mass is 10.0. The second-order valence-corrected chi connectivity index (χ2v) is 15.1. The van der Waals surface area contributed by atoms with Crippen molar-refractivity contribution in [1.29, 1.82) is 0 Å². The number of carboxylic acids is 1. The van der Waals surface area contributed by atoms with Crippen LogP contribution in [0.25, 0.3) is 0 Å². The van der Waals surface area contributed by atoms with Gasteiger partial charge in [0, 0.05) is 0 Å². The van der Waals surface area contributed by atoms with Crippen LogP contribution in [0.4, 0.5) is 0 Å². The van der Waals surface area contributed by atoms with E-state index in [1.807, 2.05) is 133 Å². The summed E-state index contributed by atoms with van der Waals surface area (Å²) in [5.74, 6) is -1.27. The Morgan fingerprint density at radius 3 is 1.25 bits per heavy atom. The summed E-state index contributed by atoms with van der Waals surface area (Å²) in [6, 6.07) is 27.2. The molecule has 3 N–H and O–H groups in total. The highest BCUT2D eigenvalue weighted by Crippen LogP contribution is 2.28. The molecular formula is C43H63N3O6. The van der Waals surface area contributed by atoms with Crippen molar-refractivity contribution in [2.75, 3.05) is 26.2 Å². The molecule has 3 atom stereocenters. The summed E-state index contributed by atoms with van der Waals surface area (Å²) in [4.78, 5) is 39.9. The molecule has 9 nitrogen and oxygen atoms in total. The van der Waals surface area contributed by atoms with Crippen LogP contribution in [0.3, 0.4) is 0 Å². The van der Waals surface area contributed by atoms with Crippen molar-refractivity contribution < 1.29 is 29.0 Å². The first kappa shape index (κ1) is 44.1. The molecule has 0 unspecified atom stereocenters. The molecule has 0 aromatic heterocycles. The van der Waals surface area contributed by atoms with Gasteiger partial charge in [0.25, 0.3) is 0 Å². The number of piperidine rings is 2. The van der Waals surface area contributed by atoms with Crippen molar-refractivity contribution in [3.05, 3.63) is 108 Å². The monoisotopic (exact) mass is 717 g/mol. The number of likely N-dealkylation sites (tertiary alicyclic amines) is 2. The molecule has 0 aliphatic carbocycles. The first-order valence-electron chi connectivity index (χ1n) is 18.2. The number of hydrogen-bond donors (Lipinski definition) is 2. The molecule has 0 amide bonds. The van der Waals surface area contributed by atoms with Gasteiger partial charge in [-0.3, -0.25) is 14.6 Å². The fourth-order valence-electron chi connectivity index (χ4n) is 6.15. The highest BCUT2D eigenvalue weighted by atomic mass is 16.6. The van der Waals surface area contributed by atoms with Gasteiger partial charge in [0.2, 0.25) is 0 Å². The van der Waals surface area contributed by atoms with Crippen LogP contribution in [0.5, 0.6) is 0 Å². The second kappa shape index (κ2) is 21.5. The first-order valence-corrected chi connectivity index (χ1v) is 18.2. The van der Waals surface area contributed by atoms with E-state index in [4.69, 9.17) is 15.2 Å². The smallest absolute Gasteiger partial charge is 0.328 e. The van der Waals surface area contributed by atoms with Crippen LogP contribution < -0.4 is 5.73 Å². The standard InChI is InChI=1S/C17H25NO2.C13H17NO2.C12H17NO2.CH4/c1-17(2,3)20-16(19)15(14-10-6-4-7-11-14)18-12-8-5-9-13-18;15-13(16)12(11-7-3-1-4-8-11)14-9-5-2-6-10-14;1-12(2,3)15-11(14)10(13)9-7-5-4-6-8-9;/h4,6-7,10-11,15H,5,8-9,12-13H2,1-3H3;1,3-4,7-8,12H,2,5-6,9-10H2,(H,15,16);4-8,10H,13H2,1-3H3;1H4/t15-;12-;10-;/m010./s1. The number of nitrogens with zero attached hydrogens (tertiary/aromatic N) is 2. The number of nitrogens with two attached hydrogens (primary N) is 1. The Morgan fingerprint density at radius 1 is 0.558 bits per heavy atom. The lowest BCUT2D eigenvalue weighted by molar-refractivity contribution is -0.162. The number of ether oxygens (including phenoxy) is 2. The maximum atomic E-state index is 12.6. The minimum atomic E-state index is -0.742. The van der Waals surface area contributed by atoms with Gasteiger partial charge in [-0.1, -0.05) is 111 Å². The number of aliphatic carboxylic acids is 1. The van der Waals surface area contributed by atoms with Crippen LogP contribution in [-0.4, -0.2) is 70.2 Å². The Hall–Kier alpha value is -4.05. The van der Waals surface area contributed by atoms with Gasteiger partial charge in [-0.2, -0.15) is 0 Å². The first-order chi connectivity index (χ1) is 24.2. The maximum absolute atomic E-state index is 12.6. The van der Waals surface area contributed by atoms with E-state index in [2.05, 4.69) is 9.80 Å². The summed E-state index contributed by atoms with van der Waals surface area (Å²) in [5.41, 5.74) is 7.52. The number of carbonyl (C=O) groups is 3. The predicted octanol–water partition coefficient (Wildman–Crippen LogP) is 8.52. The summed E-state index contributed by atoms with van der Waals surface area (Å²) >= 11 is 0. The van der Waals surface area contributed by atoms with E-state index in [9.17, 15) is 19.5 Å². The fourth-order valence-corrected chi connectivity index (χ4v) is 6.15. The molecule has 0 radical (unpaired) electrons. The van der Waals surface area contributed by atoms with Gasteiger partial charge in [-0.05, 0) is 110 Å². The Morgan fingerprint density at radius 2 is 0.885 bits per heavy atom. The summed E-state index contributed by atoms with van der Waals surface area (Å²) < 4.78 is 10.8. The average molecular weight is 718 g/mol. The minimum absolute atomic E-state index is 0. The third-order valence-electron chi connectivity index (χ3n) is 8.43. The van der Waals surface area contributed by atoms with Crippen molar-refractivity contribution in [2.45, 2.75) is 117 Å². The molecule has 0 bridgehead atoms. The Balaban J connectivity index is 0.000000271. The quantitative estimate of drug-likeness (QED) is 0.221. The molecule has 286 valence electrons. The number of carbonyl (C=O) groups excluding carboxylic acids is 2. The van der Waals surface area contributed by atoms with Crippen LogP contribution in [0.15, 0.2) is 91.0 Å². The molecule has 3 aromatic rings. The van der Waals surface area contributed by atoms with Crippen LogP contribution in [0, 0.1) is 0 Å². The van der Waals surface area contributed by atoms with E-state index in [0.717, 1.165) is 68.6 Å². The second-order valence-electron chi connectivity index (χ2n) is 15.1. The van der Waals surface area contributed by atoms with E-state index in [-0.39, 0.29) is 19.4 Å². The van der Waals surface area contributed by atoms with Gasteiger partial charge in [0.1, 0.15) is 29.3 Å². The zero-order valence-corrected chi connectivity index (χ0v) is 31.4. The molecule has 0 saturated carbocycles. The molecule has 9 heteroatoms. The minimum Gasteiger partial charge on any atom is -0.480 e. The van der Waals surface area contributed by atoms with E-state index in [1.54, 1.807) is 0 Å².